The molecule has 0 saturated carbocycles. The number of nitrogens with zero attached hydrogens (tertiary/aromatic N) is 2. The largest absolute Gasteiger partial charge is 0.496 e. The van der Waals surface area contributed by atoms with Crippen LogP contribution in [0.5, 0.6) is 5.75 Å². The normalized spacial score (nSPS) is 16.3. The maximum atomic E-state index is 12.4. The van der Waals surface area contributed by atoms with Crippen LogP contribution >= 0.6 is 0 Å². The zero-order chi connectivity index (χ0) is 14.7. The summed E-state index contributed by atoms with van der Waals surface area (Å²) in [6, 6.07) is 3.96. The van der Waals surface area contributed by atoms with Crippen LogP contribution in [0.3, 0.4) is 0 Å². The van der Waals surface area contributed by atoms with Gasteiger partial charge in [0.05, 0.1) is 13.5 Å². The molecule has 1 aromatic rings. The van der Waals surface area contributed by atoms with Crippen molar-refractivity contribution >= 4 is 5.91 Å². The Hall–Kier alpha value is -1.55. The SMILES string of the molecule is COc1ccc(CC(=O)N2CCN(C)CC2)c(C)c1C. The Kier molecular flexibility index (Phi) is 4.65. The molecule has 1 aliphatic rings. The number of amides is 1. The number of rotatable bonds is 3. The Morgan fingerprint density at radius 3 is 2.40 bits per heavy atom. The molecule has 1 heterocycles. The van der Waals surface area contributed by atoms with E-state index in [0.717, 1.165) is 48.6 Å². The first-order chi connectivity index (χ1) is 9.52. The monoisotopic (exact) mass is 276 g/mol. The summed E-state index contributed by atoms with van der Waals surface area (Å²) in [5, 5.41) is 0. The molecule has 1 aromatic carbocycles. The molecule has 0 atom stereocenters. The number of ether oxygens (including phenoxy) is 1. The molecular formula is C16H24N2O2. The second kappa shape index (κ2) is 6.27. The van der Waals surface area contributed by atoms with E-state index in [-0.39, 0.29) is 5.91 Å². The van der Waals surface area contributed by atoms with E-state index in [0.29, 0.717) is 6.42 Å². The van der Waals surface area contributed by atoms with Gasteiger partial charge in [0.2, 0.25) is 5.91 Å². The van der Waals surface area contributed by atoms with Crippen molar-refractivity contribution in [1.82, 2.24) is 9.80 Å². The fourth-order valence-corrected chi connectivity index (χ4v) is 2.60. The van der Waals surface area contributed by atoms with E-state index in [1.807, 2.05) is 24.0 Å². The van der Waals surface area contributed by atoms with Gasteiger partial charge in [0, 0.05) is 26.2 Å². The number of methoxy groups -OCH3 is 1. The third-order valence-electron chi connectivity index (χ3n) is 4.27. The van der Waals surface area contributed by atoms with Gasteiger partial charge in [-0.05, 0) is 43.7 Å². The predicted octanol–water partition coefficient (Wildman–Crippen LogP) is 1.63. The highest BCUT2D eigenvalue weighted by Crippen LogP contribution is 2.24. The summed E-state index contributed by atoms with van der Waals surface area (Å²) in [7, 11) is 3.77. The lowest BCUT2D eigenvalue weighted by Crippen LogP contribution is -2.47. The van der Waals surface area contributed by atoms with Crippen molar-refractivity contribution in [1.29, 1.82) is 0 Å². The lowest BCUT2D eigenvalue weighted by Gasteiger charge is -2.32. The van der Waals surface area contributed by atoms with Gasteiger partial charge >= 0.3 is 0 Å². The zero-order valence-corrected chi connectivity index (χ0v) is 12.9. The standard InChI is InChI=1S/C16H24N2O2/c1-12-13(2)15(20-4)6-5-14(12)11-16(19)18-9-7-17(3)8-10-18/h5-6H,7-11H2,1-4H3. The van der Waals surface area contributed by atoms with Gasteiger partial charge in [-0.2, -0.15) is 0 Å². The van der Waals surface area contributed by atoms with Crippen molar-refractivity contribution in [3.8, 4) is 5.75 Å². The summed E-state index contributed by atoms with van der Waals surface area (Å²) in [5.74, 6) is 1.11. The van der Waals surface area contributed by atoms with Crippen molar-refractivity contribution in [3.05, 3.63) is 28.8 Å². The second-order valence-corrected chi connectivity index (χ2v) is 5.54. The molecule has 1 fully saturated rings. The molecule has 4 heteroatoms. The molecule has 110 valence electrons. The summed E-state index contributed by atoms with van der Waals surface area (Å²) in [4.78, 5) is 16.6. The van der Waals surface area contributed by atoms with E-state index in [2.05, 4.69) is 18.9 Å². The van der Waals surface area contributed by atoms with Gasteiger partial charge in [-0.25, -0.2) is 0 Å². The van der Waals surface area contributed by atoms with Crippen LogP contribution in [0.15, 0.2) is 12.1 Å². The number of benzene rings is 1. The molecule has 20 heavy (non-hydrogen) atoms. The van der Waals surface area contributed by atoms with Gasteiger partial charge < -0.3 is 14.5 Å². The Bertz CT molecular complexity index is 491. The number of carbonyl (C=O) groups is 1. The number of carbonyl (C=O) groups excluding carboxylic acids is 1. The summed E-state index contributed by atoms with van der Waals surface area (Å²) in [6.07, 6.45) is 0.486. The van der Waals surface area contributed by atoms with Crippen molar-refractivity contribution in [3.63, 3.8) is 0 Å². The summed E-state index contributed by atoms with van der Waals surface area (Å²) >= 11 is 0. The van der Waals surface area contributed by atoms with Gasteiger partial charge in [-0.15, -0.1) is 0 Å². The molecule has 4 nitrogen and oxygen atoms in total. The number of likely N-dealkylation sites (N-methyl/N-ethyl adjacent to an activating group) is 1. The zero-order valence-electron chi connectivity index (χ0n) is 12.9. The van der Waals surface area contributed by atoms with E-state index in [9.17, 15) is 4.79 Å². The smallest absolute Gasteiger partial charge is 0.227 e. The van der Waals surface area contributed by atoms with Gasteiger partial charge in [0.15, 0.2) is 0 Å². The fourth-order valence-electron chi connectivity index (χ4n) is 2.60. The van der Waals surface area contributed by atoms with Crippen molar-refractivity contribution in [2.45, 2.75) is 20.3 Å². The Labute approximate surface area is 121 Å². The van der Waals surface area contributed by atoms with E-state index in [1.54, 1.807) is 7.11 Å². The first kappa shape index (κ1) is 14.9. The minimum Gasteiger partial charge on any atom is -0.496 e. The minimum absolute atomic E-state index is 0.228. The van der Waals surface area contributed by atoms with Crippen molar-refractivity contribution in [2.75, 3.05) is 40.3 Å². The predicted molar refractivity (Wildman–Crippen MR) is 80.2 cm³/mol. The van der Waals surface area contributed by atoms with E-state index >= 15 is 0 Å². The quantitative estimate of drug-likeness (QED) is 0.841. The third kappa shape index (κ3) is 3.12. The van der Waals surface area contributed by atoms with Crippen LogP contribution in [0, 0.1) is 13.8 Å². The van der Waals surface area contributed by atoms with Crippen molar-refractivity contribution in [2.24, 2.45) is 0 Å². The Balaban J connectivity index is 2.06. The molecule has 1 amide bonds. The molecule has 1 saturated heterocycles. The molecule has 0 N–H and O–H groups in total. The highest BCUT2D eigenvalue weighted by atomic mass is 16.5. The van der Waals surface area contributed by atoms with Crippen molar-refractivity contribution < 1.29 is 9.53 Å². The van der Waals surface area contributed by atoms with Crippen LogP contribution in [0.4, 0.5) is 0 Å². The molecule has 0 bridgehead atoms. The average Bonchev–Trinajstić information content (AvgIpc) is 2.45. The summed E-state index contributed by atoms with van der Waals surface area (Å²) < 4.78 is 5.31. The van der Waals surface area contributed by atoms with Crippen LogP contribution < -0.4 is 4.74 Å². The van der Waals surface area contributed by atoms with Crippen LogP contribution in [-0.4, -0.2) is 56.0 Å². The van der Waals surface area contributed by atoms with E-state index < -0.39 is 0 Å². The fraction of sp³-hybridized carbons (Fsp3) is 0.562. The maximum Gasteiger partial charge on any atom is 0.227 e. The van der Waals surface area contributed by atoms with Crippen LogP contribution in [0.1, 0.15) is 16.7 Å². The second-order valence-electron chi connectivity index (χ2n) is 5.54. The Morgan fingerprint density at radius 1 is 1.15 bits per heavy atom. The summed E-state index contributed by atoms with van der Waals surface area (Å²) in [5.41, 5.74) is 3.38. The molecule has 0 radical (unpaired) electrons. The molecule has 1 aliphatic heterocycles. The number of piperazine rings is 1. The van der Waals surface area contributed by atoms with Gasteiger partial charge in [-0.3, -0.25) is 4.79 Å². The maximum absolute atomic E-state index is 12.4. The Morgan fingerprint density at radius 2 is 1.80 bits per heavy atom. The first-order valence-corrected chi connectivity index (χ1v) is 7.12. The van der Waals surface area contributed by atoms with E-state index in [4.69, 9.17) is 4.74 Å². The number of hydrogen-bond donors (Lipinski definition) is 0. The van der Waals surface area contributed by atoms with Crippen LogP contribution in [-0.2, 0) is 11.2 Å². The lowest BCUT2D eigenvalue weighted by atomic mass is 9.99. The highest BCUT2D eigenvalue weighted by molar-refractivity contribution is 5.79. The molecule has 0 spiro atoms. The third-order valence-corrected chi connectivity index (χ3v) is 4.27. The van der Waals surface area contributed by atoms with Crippen LogP contribution in [0.2, 0.25) is 0 Å². The number of hydrogen-bond acceptors (Lipinski definition) is 3. The van der Waals surface area contributed by atoms with Gasteiger partial charge in [0.1, 0.15) is 5.75 Å². The van der Waals surface area contributed by atoms with Crippen LogP contribution in [0.25, 0.3) is 0 Å². The topological polar surface area (TPSA) is 32.8 Å². The molecule has 0 aliphatic carbocycles. The highest BCUT2D eigenvalue weighted by Gasteiger charge is 2.20. The van der Waals surface area contributed by atoms with E-state index in [1.165, 1.54) is 0 Å². The van der Waals surface area contributed by atoms with Gasteiger partial charge in [0.25, 0.3) is 0 Å². The van der Waals surface area contributed by atoms with Gasteiger partial charge in [-0.1, -0.05) is 6.07 Å². The molecule has 0 unspecified atom stereocenters. The lowest BCUT2D eigenvalue weighted by molar-refractivity contribution is -0.132. The molecule has 2 rings (SSSR count). The molecular weight excluding hydrogens is 252 g/mol. The minimum atomic E-state index is 0.228. The summed E-state index contributed by atoms with van der Waals surface area (Å²) in [6.45, 7) is 7.70. The molecule has 0 aromatic heterocycles. The first-order valence-electron chi connectivity index (χ1n) is 7.12. The average molecular weight is 276 g/mol.